The average Bonchev–Trinajstić information content (AvgIpc) is 2.39. The summed E-state index contributed by atoms with van der Waals surface area (Å²) in [6.07, 6.45) is 2.42. The van der Waals surface area contributed by atoms with E-state index in [1.165, 1.54) is 0 Å². The number of amides is 1. The molecule has 0 bridgehead atoms. The second-order valence-electron chi connectivity index (χ2n) is 3.71. The number of carbonyl (C=O) groups excluding carboxylic acids is 2. The van der Waals surface area contributed by atoms with Crippen molar-refractivity contribution in [1.82, 2.24) is 0 Å². The number of nitrogens with one attached hydrogen (secondary N) is 1. The van der Waals surface area contributed by atoms with Gasteiger partial charge in [0.05, 0.1) is 17.9 Å². The van der Waals surface area contributed by atoms with Gasteiger partial charge in [0.15, 0.2) is 0 Å². The highest BCUT2D eigenvalue weighted by molar-refractivity contribution is 9.10. The van der Waals surface area contributed by atoms with Crippen LogP contribution in [0.15, 0.2) is 22.7 Å². The van der Waals surface area contributed by atoms with Crippen LogP contribution in [0.25, 0.3) is 0 Å². The van der Waals surface area contributed by atoms with Crippen LogP contribution in [-0.2, 0) is 9.53 Å². The second kappa shape index (κ2) is 8.22. The zero-order chi connectivity index (χ0) is 14.3. The summed E-state index contributed by atoms with van der Waals surface area (Å²) in [6, 6.07) is 4.96. The molecule has 0 radical (unpaired) electrons. The number of hydrogen-bond donors (Lipinski definition) is 1. The number of benzene rings is 1. The number of carbonyl (C=O) groups is 2. The van der Waals surface area contributed by atoms with E-state index >= 15 is 0 Å². The van der Waals surface area contributed by atoms with Crippen LogP contribution < -0.4 is 5.32 Å². The molecule has 0 aromatic heterocycles. The van der Waals surface area contributed by atoms with Crippen LogP contribution in [0, 0.1) is 0 Å². The second-order valence-corrected chi connectivity index (χ2v) is 5.55. The van der Waals surface area contributed by atoms with Gasteiger partial charge in [0.25, 0.3) is 0 Å². The fourth-order valence-corrected chi connectivity index (χ4v) is 2.23. The van der Waals surface area contributed by atoms with Crippen molar-refractivity contribution in [3.8, 4) is 0 Å². The van der Waals surface area contributed by atoms with Crippen LogP contribution in [0.2, 0.25) is 0 Å². The Kier molecular flexibility index (Phi) is 6.94. The standard InChI is InChI=1S/C13H16BrNO3S/c1-3-18-13(17)9-4-5-11(10(14)8-9)15-12(16)6-7-19-2/h4-5,8H,3,6-7H2,1-2H3,(H,15,16). The molecule has 1 N–H and O–H groups in total. The Morgan fingerprint density at radius 2 is 2.16 bits per heavy atom. The van der Waals surface area contributed by atoms with Crippen LogP contribution in [0.3, 0.4) is 0 Å². The Bertz CT molecular complexity index is 465. The number of hydrogen-bond acceptors (Lipinski definition) is 4. The molecule has 0 unspecified atom stereocenters. The van der Waals surface area contributed by atoms with Gasteiger partial charge in [-0.2, -0.15) is 11.8 Å². The number of anilines is 1. The van der Waals surface area contributed by atoms with Crippen molar-refractivity contribution >= 4 is 45.3 Å². The number of ether oxygens (including phenoxy) is 1. The lowest BCUT2D eigenvalue weighted by atomic mass is 10.2. The quantitative estimate of drug-likeness (QED) is 0.803. The highest BCUT2D eigenvalue weighted by Gasteiger charge is 2.10. The van der Waals surface area contributed by atoms with Gasteiger partial charge in [0.2, 0.25) is 5.91 Å². The molecule has 0 saturated heterocycles. The molecule has 0 fully saturated rings. The predicted octanol–water partition coefficient (Wildman–Crippen LogP) is 3.32. The summed E-state index contributed by atoms with van der Waals surface area (Å²) in [5, 5.41) is 2.79. The van der Waals surface area contributed by atoms with Crippen LogP contribution in [0.1, 0.15) is 23.7 Å². The van der Waals surface area contributed by atoms with Crippen molar-refractivity contribution in [2.75, 3.05) is 23.9 Å². The molecular formula is C13H16BrNO3S. The fourth-order valence-electron chi connectivity index (χ4n) is 1.37. The lowest BCUT2D eigenvalue weighted by molar-refractivity contribution is -0.115. The molecule has 0 aliphatic carbocycles. The number of thioether (sulfide) groups is 1. The predicted molar refractivity (Wildman–Crippen MR) is 81.7 cm³/mol. The van der Waals surface area contributed by atoms with Gasteiger partial charge in [-0.15, -0.1) is 0 Å². The SMILES string of the molecule is CCOC(=O)c1ccc(NC(=O)CCSC)c(Br)c1. The van der Waals surface area contributed by atoms with Gasteiger partial charge in [-0.25, -0.2) is 4.79 Å². The molecule has 1 rings (SSSR count). The summed E-state index contributed by atoms with van der Waals surface area (Å²) in [5.41, 5.74) is 1.11. The number of rotatable bonds is 6. The lowest BCUT2D eigenvalue weighted by Crippen LogP contribution is -2.13. The Hall–Kier alpha value is -1.01. The molecule has 0 atom stereocenters. The monoisotopic (exact) mass is 345 g/mol. The summed E-state index contributed by atoms with van der Waals surface area (Å²) in [4.78, 5) is 23.1. The molecular weight excluding hydrogens is 330 g/mol. The first-order valence-corrected chi connectivity index (χ1v) is 8.02. The van der Waals surface area contributed by atoms with Crippen LogP contribution in [0.4, 0.5) is 5.69 Å². The van der Waals surface area contributed by atoms with Gasteiger partial charge in [0, 0.05) is 16.6 Å². The molecule has 0 aliphatic rings. The van der Waals surface area contributed by atoms with Crippen LogP contribution in [-0.4, -0.2) is 30.5 Å². The minimum absolute atomic E-state index is 0.0427. The van der Waals surface area contributed by atoms with Crippen molar-refractivity contribution in [2.24, 2.45) is 0 Å². The van der Waals surface area contributed by atoms with Crippen molar-refractivity contribution in [1.29, 1.82) is 0 Å². The zero-order valence-corrected chi connectivity index (χ0v) is 13.3. The maximum atomic E-state index is 11.6. The Balaban J connectivity index is 2.72. The molecule has 1 amide bonds. The molecule has 104 valence electrons. The number of esters is 1. The molecule has 1 aromatic carbocycles. The van der Waals surface area contributed by atoms with Crippen molar-refractivity contribution in [2.45, 2.75) is 13.3 Å². The smallest absolute Gasteiger partial charge is 0.338 e. The number of halogens is 1. The highest BCUT2D eigenvalue weighted by atomic mass is 79.9. The van der Waals surface area contributed by atoms with E-state index in [1.807, 2.05) is 6.26 Å². The molecule has 4 nitrogen and oxygen atoms in total. The van der Waals surface area contributed by atoms with E-state index in [-0.39, 0.29) is 11.9 Å². The minimum atomic E-state index is -0.372. The topological polar surface area (TPSA) is 55.4 Å². The molecule has 0 saturated carbocycles. The molecule has 1 aromatic rings. The third kappa shape index (κ3) is 5.24. The van der Waals surface area contributed by atoms with Crippen molar-refractivity contribution < 1.29 is 14.3 Å². The zero-order valence-electron chi connectivity index (χ0n) is 10.9. The molecule has 0 aliphatic heterocycles. The van der Waals surface area contributed by atoms with E-state index in [9.17, 15) is 9.59 Å². The molecule has 19 heavy (non-hydrogen) atoms. The van der Waals surface area contributed by atoms with Gasteiger partial charge in [0.1, 0.15) is 0 Å². The van der Waals surface area contributed by atoms with Crippen molar-refractivity contribution in [3.05, 3.63) is 28.2 Å². The summed E-state index contributed by atoms with van der Waals surface area (Å²) < 4.78 is 5.57. The molecule has 6 heteroatoms. The minimum Gasteiger partial charge on any atom is -0.462 e. The highest BCUT2D eigenvalue weighted by Crippen LogP contribution is 2.24. The maximum absolute atomic E-state index is 11.6. The summed E-state index contributed by atoms with van der Waals surface area (Å²) in [5.74, 6) is 0.368. The summed E-state index contributed by atoms with van der Waals surface area (Å²) in [6.45, 7) is 2.09. The maximum Gasteiger partial charge on any atom is 0.338 e. The summed E-state index contributed by atoms with van der Waals surface area (Å²) in [7, 11) is 0. The lowest BCUT2D eigenvalue weighted by Gasteiger charge is -2.08. The van der Waals surface area contributed by atoms with E-state index < -0.39 is 0 Å². The first kappa shape index (κ1) is 16.0. The van der Waals surface area contributed by atoms with E-state index in [0.29, 0.717) is 28.8 Å². The van der Waals surface area contributed by atoms with Gasteiger partial charge >= 0.3 is 5.97 Å². The Morgan fingerprint density at radius 3 is 2.74 bits per heavy atom. The van der Waals surface area contributed by atoms with Gasteiger partial charge < -0.3 is 10.1 Å². The Morgan fingerprint density at radius 1 is 1.42 bits per heavy atom. The van der Waals surface area contributed by atoms with E-state index in [0.717, 1.165) is 5.75 Å². The van der Waals surface area contributed by atoms with E-state index in [2.05, 4.69) is 21.2 Å². The summed E-state index contributed by atoms with van der Waals surface area (Å²) >= 11 is 4.96. The normalized spacial score (nSPS) is 10.1. The van der Waals surface area contributed by atoms with E-state index in [4.69, 9.17) is 4.74 Å². The fraction of sp³-hybridized carbons (Fsp3) is 0.385. The average molecular weight is 346 g/mol. The Labute approximate surface area is 125 Å². The molecule has 0 heterocycles. The molecule has 0 spiro atoms. The first-order chi connectivity index (χ1) is 9.08. The largest absolute Gasteiger partial charge is 0.462 e. The van der Waals surface area contributed by atoms with E-state index in [1.54, 1.807) is 36.9 Å². The first-order valence-electron chi connectivity index (χ1n) is 5.84. The van der Waals surface area contributed by atoms with Crippen LogP contribution in [0.5, 0.6) is 0 Å². The third-order valence-electron chi connectivity index (χ3n) is 2.29. The third-order valence-corrected chi connectivity index (χ3v) is 3.56. The van der Waals surface area contributed by atoms with Gasteiger partial charge in [-0.1, -0.05) is 0 Å². The van der Waals surface area contributed by atoms with Gasteiger partial charge in [-0.3, -0.25) is 4.79 Å². The van der Waals surface area contributed by atoms with Crippen molar-refractivity contribution in [3.63, 3.8) is 0 Å². The van der Waals surface area contributed by atoms with Gasteiger partial charge in [-0.05, 0) is 47.3 Å². The van der Waals surface area contributed by atoms with Crippen LogP contribution >= 0.6 is 27.7 Å².